The third-order valence-corrected chi connectivity index (χ3v) is 4.02. The molecule has 0 saturated carbocycles. The van der Waals surface area contributed by atoms with Gasteiger partial charge in [0, 0.05) is 19.2 Å². The molecule has 0 unspecified atom stereocenters. The van der Waals surface area contributed by atoms with Crippen LogP contribution in [0.1, 0.15) is 27.0 Å². The molecule has 0 saturated heterocycles. The van der Waals surface area contributed by atoms with E-state index in [9.17, 15) is 9.59 Å². The summed E-state index contributed by atoms with van der Waals surface area (Å²) in [6.07, 6.45) is 1.69. The molecular weight excluding hydrogens is 340 g/mol. The minimum absolute atomic E-state index is 0.0388. The molecule has 0 spiro atoms. The highest BCUT2D eigenvalue weighted by atomic mass is 16.5. The van der Waals surface area contributed by atoms with Gasteiger partial charge in [-0.2, -0.15) is 0 Å². The number of aryl methyl sites for hydroxylation is 2. The maximum Gasteiger partial charge on any atom is 0.251 e. The van der Waals surface area contributed by atoms with Crippen molar-refractivity contribution in [2.24, 2.45) is 0 Å². The molecule has 2 amide bonds. The van der Waals surface area contributed by atoms with E-state index in [2.05, 4.69) is 11.9 Å². The van der Waals surface area contributed by atoms with Gasteiger partial charge in [0.25, 0.3) is 5.91 Å². The molecular formula is C22H26N2O3. The molecule has 142 valence electrons. The quantitative estimate of drug-likeness (QED) is 0.730. The number of nitrogens with one attached hydrogen (secondary N) is 1. The van der Waals surface area contributed by atoms with Gasteiger partial charge in [-0.3, -0.25) is 9.59 Å². The number of carbonyl (C=O) groups is 2. The summed E-state index contributed by atoms with van der Waals surface area (Å²) in [7, 11) is 1.72. The Hall–Kier alpha value is -3.08. The Labute approximate surface area is 160 Å². The van der Waals surface area contributed by atoms with Gasteiger partial charge < -0.3 is 15.0 Å². The molecule has 0 heterocycles. The molecule has 2 rings (SSSR count). The van der Waals surface area contributed by atoms with E-state index < -0.39 is 0 Å². The van der Waals surface area contributed by atoms with Crippen molar-refractivity contribution < 1.29 is 14.3 Å². The third-order valence-electron chi connectivity index (χ3n) is 4.02. The fourth-order valence-electron chi connectivity index (χ4n) is 2.71. The van der Waals surface area contributed by atoms with Gasteiger partial charge in [0.1, 0.15) is 12.4 Å². The number of amides is 2. The monoisotopic (exact) mass is 366 g/mol. The maximum atomic E-state index is 12.3. The predicted molar refractivity (Wildman–Crippen MR) is 107 cm³/mol. The first-order chi connectivity index (χ1) is 12.9. The van der Waals surface area contributed by atoms with Crippen molar-refractivity contribution in [3.05, 3.63) is 77.4 Å². The van der Waals surface area contributed by atoms with Crippen molar-refractivity contribution in [3.63, 3.8) is 0 Å². The van der Waals surface area contributed by atoms with E-state index in [0.29, 0.717) is 18.7 Å². The molecule has 0 aliphatic rings. The third kappa shape index (κ3) is 6.29. The summed E-state index contributed by atoms with van der Waals surface area (Å²) < 4.78 is 5.44. The van der Waals surface area contributed by atoms with Crippen LogP contribution < -0.4 is 10.1 Å². The summed E-state index contributed by atoms with van der Waals surface area (Å²) in [5, 5.41) is 2.69. The van der Waals surface area contributed by atoms with Gasteiger partial charge in [0.15, 0.2) is 0 Å². The van der Waals surface area contributed by atoms with E-state index in [1.54, 1.807) is 18.0 Å². The van der Waals surface area contributed by atoms with Gasteiger partial charge in [-0.05, 0) is 43.7 Å². The minimum atomic E-state index is -0.243. The summed E-state index contributed by atoms with van der Waals surface area (Å²) in [5.41, 5.74) is 3.59. The zero-order valence-corrected chi connectivity index (χ0v) is 16.1. The lowest BCUT2D eigenvalue weighted by atomic mass is 10.1. The lowest BCUT2D eigenvalue weighted by Gasteiger charge is -2.18. The number of hydrogen-bond acceptors (Lipinski definition) is 3. The molecule has 0 aliphatic carbocycles. The first-order valence-electron chi connectivity index (χ1n) is 8.82. The van der Waals surface area contributed by atoms with Crippen molar-refractivity contribution in [2.75, 3.05) is 20.2 Å². The lowest BCUT2D eigenvalue weighted by Crippen LogP contribution is -2.37. The molecule has 0 aromatic heterocycles. The minimum Gasteiger partial charge on any atom is -0.490 e. The number of hydrogen-bond donors (Lipinski definition) is 1. The van der Waals surface area contributed by atoms with Crippen LogP contribution in [0.2, 0.25) is 0 Å². The molecule has 2 aromatic rings. The molecule has 0 aliphatic heterocycles. The van der Waals surface area contributed by atoms with E-state index in [0.717, 1.165) is 22.4 Å². The lowest BCUT2D eigenvalue weighted by molar-refractivity contribution is -0.129. The van der Waals surface area contributed by atoms with Crippen LogP contribution in [0.4, 0.5) is 0 Å². The number of ether oxygens (including phenoxy) is 1. The highest BCUT2D eigenvalue weighted by molar-refractivity contribution is 5.96. The van der Waals surface area contributed by atoms with Gasteiger partial charge in [-0.25, -0.2) is 0 Å². The van der Waals surface area contributed by atoms with E-state index in [1.165, 1.54) is 0 Å². The van der Waals surface area contributed by atoms with Gasteiger partial charge >= 0.3 is 0 Å². The highest BCUT2D eigenvalue weighted by Crippen LogP contribution is 2.13. The second-order valence-corrected chi connectivity index (χ2v) is 6.55. The Balaban J connectivity index is 1.86. The van der Waals surface area contributed by atoms with Crippen LogP contribution in [0.3, 0.4) is 0 Å². The Bertz CT molecular complexity index is 793. The molecule has 0 fully saturated rings. The predicted octanol–water partition coefficient (Wildman–Crippen LogP) is 3.26. The van der Waals surface area contributed by atoms with Crippen molar-refractivity contribution >= 4 is 11.8 Å². The van der Waals surface area contributed by atoms with Crippen LogP contribution in [0.15, 0.2) is 55.1 Å². The van der Waals surface area contributed by atoms with Crippen LogP contribution >= 0.6 is 0 Å². The fourth-order valence-corrected chi connectivity index (χ4v) is 2.71. The molecule has 0 bridgehead atoms. The van der Waals surface area contributed by atoms with Gasteiger partial charge in [0.2, 0.25) is 5.91 Å². The number of nitrogens with zero attached hydrogens (tertiary/aromatic N) is 1. The van der Waals surface area contributed by atoms with Crippen LogP contribution in [-0.2, 0) is 11.3 Å². The van der Waals surface area contributed by atoms with Crippen molar-refractivity contribution in [2.45, 2.75) is 20.4 Å². The first-order valence-corrected chi connectivity index (χ1v) is 8.82. The molecule has 2 aromatic carbocycles. The van der Waals surface area contributed by atoms with Crippen LogP contribution in [0.5, 0.6) is 5.75 Å². The van der Waals surface area contributed by atoms with Crippen LogP contribution in [0.25, 0.3) is 0 Å². The van der Waals surface area contributed by atoms with Gasteiger partial charge in [0.05, 0.1) is 6.54 Å². The zero-order valence-electron chi connectivity index (χ0n) is 16.1. The van der Waals surface area contributed by atoms with Gasteiger partial charge in [-0.1, -0.05) is 42.0 Å². The summed E-state index contributed by atoms with van der Waals surface area (Å²) in [6, 6.07) is 13.2. The molecule has 5 nitrogen and oxygen atoms in total. The average molecular weight is 366 g/mol. The Morgan fingerprint density at radius 3 is 2.33 bits per heavy atom. The van der Waals surface area contributed by atoms with E-state index in [-0.39, 0.29) is 18.4 Å². The summed E-state index contributed by atoms with van der Waals surface area (Å²) in [4.78, 5) is 26.1. The van der Waals surface area contributed by atoms with Crippen LogP contribution in [-0.4, -0.2) is 36.9 Å². The summed E-state index contributed by atoms with van der Waals surface area (Å²) >= 11 is 0. The molecule has 5 heteroatoms. The number of likely N-dealkylation sites (N-methyl/N-ethyl adjacent to an activating group) is 1. The van der Waals surface area contributed by atoms with Crippen molar-refractivity contribution in [1.82, 2.24) is 10.2 Å². The molecule has 1 N–H and O–H groups in total. The molecule has 27 heavy (non-hydrogen) atoms. The van der Waals surface area contributed by atoms with Crippen LogP contribution in [0, 0.1) is 13.8 Å². The fraction of sp³-hybridized carbons (Fsp3) is 0.273. The Morgan fingerprint density at radius 2 is 1.74 bits per heavy atom. The molecule has 0 atom stereocenters. The van der Waals surface area contributed by atoms with Crippen molar-refractivity contribution in [1.29, 1.82) is 0 Å². The summed E-state index contributed by atoms with van der Waals surface area (Å²) in [5.74, 6) is 0.361. The largest absolute Gasteiger partial charge is 0.490 e. The normalized spacial score (nSPS) is 10.2. The first kappa shape index (κ1) is 20.2. The van der Waals surface area contributed by atoms with E-state index >= 15 is 0 Å². The van der Waals surface area contributed by atoms with Gasteiger partial charge in [-0.15, -0.1) is 0 Å². The van der Waals surface area contributed by atoms with E-state index in [4.69, 9.17) is 4.74 Å². The number of rotatable bonds is 8. The Morgan fingerprint density at radius 1 is 1.11 bits per heavy atom. The summed E-state index contributed by atoms with van der Waals surface area (Å²) in [6.45, 7) is 8.37. The Kier molecular flexibility index (Phi) is 7.17. The maximum absolute atomic E-state index is 12.3. The average Bonchev–Trinajstić information content (AvgIpc) is 2.64. The molecule has 0 radical (unpaired) electrons. The van der Waals surface area contributed by atoms with Crippen molar-refractivity contribution in [3.8, 4) is 5.75 Å². The smallest absolute Gasteiger partial charge is 0.251 e. The second-order valence-electron chi connectivity index (χ2n) is 6.55. The highest BCUT2D eigenvalue weighted by Gasteiger charge is 2.12. The van der Waals surface area contributed by atoms with E-state index in [1.807, 2.05) is 56.3 Å². The number of benzene rings is 2. The zero-order chi connectivity index (χ0) is 19.8. The standard InChI is InChI=1S/C22H26N2O3/c1-5-10-27-20-8-6-18(7-9-20)15-24(4)21(25)14-23-22(26)19-12-16(2)11-17(3)13-19/h5-9,11-13H,1,10,14-15H2,2-4H3,(H,23,26). The topological polar surface area (TPSA) is 58.6 Å². The second kappa shape index (κ2) is 9.57. The number of carbonyl (C=O) groups excluding carboxylic acids is 2. The SMILES string of the molecule is C=CCOc1ccc(CN(C)C(=O)CNC(=O)c2cc(C)cc(C)c2)cc1.